The Labute approximate surface area is 264 Å². The van der Waals surface area contributed by atoms with Gasteiger partial charge in [-0.25, -0.2) is 0 Å². The minimum Gasteiger partial charge on any atom is -0.440 e. The molecule has 0 atom stereocenters. The molecule has 10 rings (SSSR count). The average Bonchev–Trinajstić information content (AvgIpc) is 3.79. The maximum atomic E-state index is 6.79. The number of fused-ring (bicyclic) bond motifs is 6. The Morgan fingerprint density at radius 2 is 1.38 bits per heavy atom. The quantitative estimate of drug-likeness (QED) is 0.194. The Morgan fingerprint density at radius 1 is 0.667 bits per heavy atom. The third-order valence-electron chi connectivity index (χ3n) is 10.8. The number of para-hydroxylation sites is 3. The maximum Gasteiger partial charge on any atom is 0.257 e. The zero-order valence-electron chi connectivity index (χ0n) is 25.7. The third kappa shape index (κ3) is 3.33. The predicted molar refractivity (Wildman–Crippen MR) is 188 cm³/mol. The van der Waals surface area contributed by atoms with Crippen LogP contribution in [0.5, 0.6) is 0 Å². The number of hydrogen-bond donors (Lipinski definition) is 0. The van der Waals surface area contributed by atoms with E-state index in [1.54, 1.807) is 0 Å². The predicted octanol–water partition coefficient (Wildman–Crippen LogP) is 8.73. The van der Waals surface area contributed by atoms with Gasteiger partial charge in [0.05, 0.1) is 11.4 Å². The van der Waals surface area contributed by atoms with Crippen molar-refractivity contribution in [2.75, 3.05) is 14.7 Å². The smallest absolute Gasteiger partial charge is 0.257 e. The summed E-state index contributed by atoms with van der Waals surface area (Å²) in [6.07, 6.45) is 5.29. The van der Waals surface area contributed by atoms with Gasteiger partial charge in [0.2, 0.25) is 5.88 Å². The Bertz CT molecular complexity index is 2140. The standard InChI is InChI=1S/C40H34BN3O/c1-40(2)43(29-18-10-15-27(25-29)26-13-6-7-14-26)34-23-11-20-31-38(34)44(40)33-22-12-21-32-37(33)41(31)36-30-19-8-9-24-35(30)45-39(36)42(32)28-16-4-3-5-17-28/h3-5,8-12,15-26H,6-7,13-14H2,1-2H3. The van der Waals surface area contributed by atoms with E-state index in [1.807, 2.05) is 0 Å². The van der Waals surface area contributed by atoms with Crippen molar-refractivity contribution in [3.63, 3.8) is 0 Å². The number of furan rings is 1. The molecule has 0 bridgehead atoms. The van der Waals surface area contributed by atoms with Crippen LogP contribution in [0.15, 0.2) is 120 Å². The van der Waals surface area contributed by atoms with Crippen LogP contribution in [-0.2, 0) is 0 Å². The van der Waals surface area contributed by atoms with Gasteiger partial charge in [-0.05, 0) is 97.6 Å². The van der Waals surface area contributed by atoms with Gasteiger partial charge < -0.3 is 14.2 Å². The summed E-state index contributed by atoms with van der Waals surface area (Å²) in [4.78, 5) is 7.54. The lowest BCUT2D eigenvalue weighted by molar-refractivity contribution is 0.540. The number of hydrogen-bond acceptors (Lipinski definition) is 4. The fraction of sp³-hybridized carbons (Fsp3) is 0.200. The Kier molecular flexibility index (Phi) is 5.13. The van der Waals surface area contributed by atoms with Crippen LogP contribution in [-0.4, -0.2) is 12.4 Å². The topological polar surface area (TPSA) is 22.9 Å². The molecule has 5 aromatic carbocycles. The van der Waals surface area contributed by atoms with Crippen LogP contribution in [0.4, 0.5) is 40.0 Å². The lowest BCUT2D eigenvalue weighted by atomic mass is 9.33. The molecule has 0 unspecified atom stereocenters. The van der Waals surface area contributed by atoms with E-state index in [4.69, 9.17) is 4.42 Å². The Balaban J connectivity index is 1.25. The fourth-order valence-corrected chi connectivity index (χ4v) is 9.04. The molecule has 4 nitrogen and oxygen atoms in total. The molecule has 3 aliphatic heterocycles. The van der Waals surface area contributed by atoms with Crippen LogP contribution in [0.1, 0.15) is 51.0 Å². The zero-order valence-corrected chi connectivity index (χ0v) is 25.7. The lowest BCUT2D eigenvalue weighted by Gasteiger charge is -2.46. The molecule has 1 saturated carbocycles. The van der Waals surface area contributed by atoms with Gasteiger partial charge in [-0.3, -0.25) is 4.90 Å². The van der Waals surface area contributed by atoms with Gasteiger partial charge in [-0.1, -0.05) is 79.6 Å². The van der Waals surface area contributed by atoms with Crippen molar-refractivity contribution >= 4 is 74.1 Å². The molecule has 0 amide bonds. The van der Waals surface area contributed by atoms with Crippen LogP contribution in [0.3, 0.4) is 0 Å². The van der Waals surface area contributed by atoms with Crippen molar-refractivity contribution in [2.45, 2.75) is 51.1 Å². The highest BCUT2D eigenvalue weighted by Gasteiger charge is 2.53. The second-order valence-corrected chi connectivity index (χ2v) is 13.6. The van der Waals surface area contributed by atoms with Crippen LogP contribution in [0.2, 0.25) is 0 Å². The van der Waals surface area contributed by atoms with Gasteiger partial charge in [-0.2, -0.15) is 0 Å². The van der Waals surface area contributed by atoms with Crippen molar-refractivity contribution in [3.8, 4) is 0 Å². The average molecular weight is 584 g/mol. The first-order valence-corrected chi connectivity index (χ1v) is 16.4. The maximum absolute atomic E-state index is 6.79. The summed E-state index contributed by atoms with van der Waals surface area (Å²) in [5.41, 5.74) is 13.5. The van der Waals surface area contributed by atoms with E-state index in [2.05, 4.69) is 144 Å². The highest BCUT2D eigenvalue weighted by atomic mass is 16.4. The number of rotatable bonds is 3. The van der Waals surface area contributed by atoms with Crippen LogP contribution in [0.25, 0.3) is 11.0 Å². The van der Waals surface area contributed by atoms with E-state index in [9.17, 15) is 0 Å². The largest absolute Gasteiger partial charge is 0.440 e. The first-order chi connectivity index (χ1) is 22.1. The SMILES string of the molecule is CC1(C)N(c2cccc(C3CCCC3)c2)c2cccc3c2N1c1cccc2c1B3c1c(oc3ccccc13)N2c1ccccc1. The Hall–Kier alpha value is -4.90. The van der Waals surface area contributed by atoms with E-state index < -0.39 is 0 Å². The van der Waals surface area contributed by atoms with Crippen molar-refractivity contribution in [1.82, 2.24) is 0 Å². The molecule has 0 N–H and O–H groups in total. The van der Waals surface area contributed by atoms with Gasteiger partial charge >= 0.3 is 0 Å². The lowest BCUT2D eigenvalue weighted by Crippen LogP contribution is -2.63. The molecular weight excluding hydrogens is 549 g/mol. The second kappa shape index (κ2) is 9.07. The summed E-state index contributed by atoms with van der Waals surface area (Å²) in [5.74, 6) is 1.59. The van der Waals surface area contributed by atoms with Gasteiger partial charge in [0, 0.05) is 33.6 Å². The molecule has 45 heavy (non-hydrogen) atoms. The Morgan fingerprint density at radius 3 is 2.24 bits per heavy atom. The summed E-state index contributed by atoms with van der Waals surface area (Å²) in [6, 6.07) is 42.4. The molecule has 5 heteroatoms. The van der Waals surface area contributed by atoms with Gasteiger partial charge in [0.1, 0.15) is 11.2 Å². The summed E-state index contributed by atoms with van der Waals surface area (Å²) >= 11 is 0. The highest BCUT2D eigenvalue weighted by molar-refractivity contribution is 7.01. The number of benzene rings is 5. The molecule has 4 heterocycles. The first-order valence-electron chi connectivity index (χ1n) is 16.4. The molecule has 0 spiro atoms. The summed E-state index contributed by atoms with van der Waals surface area (Å²) in [5, 5.41) is 1.18. The summed E-state index contributed by atoms with van der Waals surface area (Å²) in [6.45, 7) is 4.83. The van der Waals surface area contributed by atoms with E-state index in [0.29, 0.717) is 5.92 Å². The molecular formula is C40H34BN3O. The van der Waals surface area contributed by atoms with Crippen LogP contribution < -0.4 is 31.1 Å². The zero-order chi connectivity index (χ0) is 29.9. The monoisotopic (exact) mass is 583 g/mol. The van der Waals surface area contributed by atoms with E-state index >= 15 is 0 Å². The summed E-state index contributed by atoms with van der Waals surface area (Å²) < 4.78 is 6.79. The van der Waals surface area contributed by atoms with Crippen molar-refractivity contribution in [3.05, 3.63) is 121 Å². The molecule has 0 radical (unpaired) electrons. The van der Waals surface area contributed by atoms with Crippen molar-refractivity contribution in [2.24, 2.45) is 0 Å². The number of nitrogens with zero attached hydrogens (tertiary/aromatic N) is 3. The third-order valence-corrected chi connectivity index (χ3v) is 10.8. The number of anilines is 7. The van der Waals surface area contributed by atoms with E-state index in [-0.39, 0.29) is 12.4 Å². The first kappa shape index (κ1) is 25.4. The van der Waals surface area contributed by atoms with E-state index in [1.165, 1.54) is 81.5 Å². The van der Waals surface area contributed by atoms with Gasteiger partial charge in [-0.15, -0.1) is 0 Å². The molecule has 6 aromatic rings. The van der Waals surface area contributed by atoms with Crippen molar-refractivity contribution in [1.29, 1.82) is 0 Å². The van der Waals surface area contributed by atoms with E-state index in [0.717, 1.165) is 17.2 Å². The van der Waals surface area contributed by atoms with Gasteiger partial charge in [0.15, 0.2) is 0 Å². The van der Waals surface area contributed by atoms with Gasteiger partial charge in [0.25, 0.3) is 6.71 Å². The fourth-order valence-electron chi connectivity index (χ4n) is 9.04. The second-order valence-electron chi connectivity index (χ2n) is 13.6. The summed E-state index contributed by atoms with van der Waals surface area (Å²) in [7, 11) is 0. The molecule has 1 aliphatic carbocycles. The molecule has 1 aromatic heterocycles. The minimum atomic E-state index is -0.330. The molecule has 1 fully saturated rings. The normalized spacial score (nSPS) is 17.6. The molecule has 0 saturated heterocycles. The minimum absolute atomic E-state index is 0.0570. The molecule has 218 valence electrons. The van der Waals surface area contributed by atoms with Crippen molar-refractivity contribution < 1.29 is 4.42 Å². The molecule has 4 aliphatic rings. The highest BCUT2D eigenvalue weighted by Crippen LogP contribution is 2.55. The van der Waals surface area contributed by atoms with Crippen LogP contribution >= 0.6 is 0 Å². The van der Waals surface area contributed by atoms with Crippen LogP contribution in [0, 0.1) is 0 Å².